The minimum atomic E-state index is -4.42. The summed E-state index contributed by atoms with van der Waals surface area (Å²) in [6.45, 7) is 3.23. The van der Waals surface area contributed by atoms with Gasteiger partial charge in [-0.05, 0) is 31.5 Å². The van der Waals surface area contributed by atoms with Crippen molar-refractivity contribution in [3.63, 3.8) is 0 Å². The van der Waals surface area contributed by atoms with Crippen LogP contribution in [0, 0.1) is 6.92 Å². The van der Waals surface area contributed by atoms with Crippen LogP contribution < -0.4 is 5.32 Å². The first kappa shape index (κ1) is 18.9. The highest BCUT2D eigenvalue weighted by Crippen LogP contribution is 2.29. The van der Waals surface area contributed by atoms with Crippen LogP contribution in [0.4, 0.5) is 13.2 Å². The average Bonchev–Trinajstić information content (AvgIpc) is 2.89. The summed E-state index contributed by atoms with van der Waals surface area (Å²) >= 11 is 0.978. The Hall–Kier alpha value is -2.42. The molecule has 1 aromatic carbocycles. The summed E-state index contributed by atoms with van der Waals surface area (Å²) in [5, 5.41) is 12.1. The molecule has 2 aromatic rings. The van der Waals surface area contributed by atoms with Crippen LogP contribution in [0.25, 0.3) is 0 Å². The minimum absolute atomic E-state index is 0.0847. The predicted octanol–water partition coefficient (Wildman–Crippen LogP) is 3.59. The lowest BCUT2D eigenvalue weighted by molar-refractivity contribution is -0.137. The normalized spacial score (nSPS) is 12.7. The SMILES string of the molecule is Cc1nc(C(C)NC(=O)Cc2ccc(C(F)(F)F)cc2)sc1C(=O)O. The lowest BCUT2D eigenvalue weighted by Gasteiger charge is -2.12. The number of nitrogens with zero attached hydrogens (tertiary/aromatic N) is 1. The summed E-state index contributed by atoms with van der Waals surface area (Å²) in [5.41, 5.74) is 0.0417. The maximum Gasteiger partial charge on any atom is 0.416 e. The Morgan fingerprint density at radius 3 is 2.36 bits per heavy atom. The van der Waals surface area contributed by atoms with Crippen LogP contribution >= 0.6 is 11.3 Å². The lowest BCUT2D eigenvalue weighted by Crippen LogP contribution is -2.28. The molecule has 0 saturated heterocycles. The molecule has 5 nitrogen and oxygen atoms in total. The number of carboxylic acid groups (broad SMARTS) is 1. The van der Waals surface area contributed by atoms with Gasteiger partial charge < -0.3 is 10.4 Å². The Labute approximate surface area is 145 Å². The number of amides is 1. The van der Waals surface area contributed by atoms with E-state index in [0.717, 1.165) is 23.5 Å². The minimum Gasteiger partial charge on any atom is -0.477 e. The molecule has 134 valence electrons. The van der Waals surface area contributed by atoms with Crippen LogP contribution in [-0.2, 0) is 17.4 Å². The highest BCUT2D eigenvalue weighted by atomic mass is 32.1. The standard InChI is InChI=1S/C16H15F3N2O3S/c1-8-13(15(23)24)25-14(21-8)9(2)20-12(22)7-10-3-5-11(6-4-10)16(17,18)19/h3-6,9H,7H2,1-2H3,(H,20,22)(H,23,24). The molecule has 25 heavy (non-hydrogen) atoms. The summed E-state index contributed by atoms with van der Waals surface area (Å²) in [4.78, 5) is 27.3. The van der Waals surface area contributed by atoms with E-state index in [1.165, 1.54) is 12.1 Å². The van der Waals surface area contributed by atoms with E-state index in [2.05, 4.69) is 10.3 Å². The van der Waals surface area contributed by atoms with Crippen molar-refractivity contribution in [2.75, 3.05) is 0 Å². The largest absolute Gasteiger partial charge is 0.477 e. The van der Waals surface area contributed by atoms with Crippen molar-refractivity contribution in [2.45, 2.75) is 32.5 Å². The molecule has 0 spiro atoms. The zero-order valence-corrected chi connectivity index (χ0v) is 14.2. The molecule has 1 heterocycles. The average molecular weight is 372 g/mol. The Balaban J connectivity index is 2.00. The smallest absolute Gasteiger partial charge is 0.416 e. The molecular weight excluding hydrogens is 357 g/mol. The number of benzene rings is 1. The number of carboxylic acids is 1. The number of thiazole rings is 1. The molecule has 1 unspecified atom stereocenters. The van der Waals surface area contributed by atoms with Gasteiger partial charge in [-0.3, -0.25) is 4.79 Å². The van der Waals surface area contributed by atoms with Crippen LogP contribution in [0.1, 0.15) is 44.5 Å². The van der Waals surface area contributed by atoms with Gasteiger partial charge in [-0.15, -0.1) is 11.3 Å². The van der Waals surface area contributed by atoms with E-state index in [0.29, 0.717) is 16.3 Å². The number of halogens is 3. The molecule has 2 N–H and O–H groups in total. The fraction of sp³-hybridized carbons (Fsp3) is 0.312. The molecule has 0 aliphatic rings. The topological polar surface area (TPSA) is 79.3 Å². The zero-order chi connectivity index (χ0) is 18.8. The third-order valence-corrected chi connectivity index (χ3v) is 4.73. The molecule has 1 aromatic heterocycles. The van der Waals surface area contributed by atoms with Gasteiger partial charge in [0, 0.05) is 0 Å². The highest BCUT2D eigenvalue weighted by Gasteiger charge is 2.30. The van der Waals surface area contributed by atoms with Gasteiger partial charge in [-0.25, -0.2) is 9.78 Å². The number of hydrogen-bond donors (Lipinski definition) is 2. The van der Waals surface area contributed by atoms with Crippen LogP contribution in [0.15, 0.2) is 24.3 Å². The molecule has 1 atom stereocenters. The number of nitrogens with one attached hydrogen (secondary N) is 1. The summed E-state index contributed by atoms with van der Waals surface area (Å²) in [6.07, 6.45) is -4.50. The maximum atomic E-state index is 12.5. The number of rotatable bonds is 5. The molecule has 0 radical (unpaired) electrons. The van der Waals surface area contributed by atoms with Crippen LogP contribution in [0.5, 0.6) is 0 Å². The number of alkyl halides is 3. The van der Waals surface area contributed by atoms with Gasteiger partial charge in [0.25, 0.3) is 0 Å². The second-order valence-corrected chi connectivity index (χ2v) is 6.46. The number of hydrogen-bond acceptors (Lipinski definition) is 4. The maximum absolute atomic E-state index is 12.5. The lowest BCUT2D eigenvalue weighted by atomic mass is 10.1. The predicted molar refractivity (Wildman–Crippen MR) is 85.5 cm³/mol. The second kappa shape index (κ2) is 7.22. The fourth-order valence-electron chi connectivity index (χ4n) is 2.15. The van der Waals surface area contributed by atoms with E-state index in [-0.39, 0.29) is 11.3 Å². The van der Waals surface area contributed by atoms with Gasteiger partial charge in [0.15, 0.2) is 0 Å². The summed E-state index contributed by atoms with van der Waals surface area (Å²) < 4.78 is 37.5. The van der Waals surface area contributed by atoms with Crippen molar-refractivity contribution in [1.82, 2.24) is 10.3 Å². The van der Waals surface area contributed by atoms with E-state index >= 15 is 0 Å². The summed E-state index contributed by atoms with van der Waals surface area (Å²) in [7, 11) is 0. The Morgan fingerprint density at radius 2 is 1.88 bits per heavy atom. The highest BCUT2D eigenvalue weighted by molar-refractivity contribution is 7.13. The van der Waals surface area contributed by atoms with Crippen LogP contribution in [-0.4, -0.2) is 22.0 Å². The van der Waals surface area contributed by atoms with E-state index < -0.39 is 29.7 Å². The van der Waals surface area contributed by atoms with Crippen molar-refractivity contribution in [3.05, 3.63) is 51.0 Å². The Bertz CT molecular complexity index is 785. The van der Waals surface area contributed by atoms with Crippen molar-refractivity contribution in [1.29, 1.82) is 0 Å². The van der Waals surface area contributed by atoms with Crippen LogP contribution in [0.2, 0.25) is 0 Å². The third-order valence-electron chi connectivity index (χ3n) is 3.40. The quantitative estimate of drug-likeness (QED) is 0.841. The van der Waals surface area contributed by atoms with Gasteiger partial charge in [-0.1, -0.05) is 12.1 Å². The first-order valence-corrected chi connectivity index (χ1v) is 8.05. The molecule has 0 fully saturated rings. The molecular formula is C16H15F3N2O3S. The molecule has 0 saturated carbocycles. The van der Waals surface area contributed by atoms with Gasteiger partial charge in [0.2, 0.25) is 5.91 Å². The molecule has 0 aliphatic heterocycles. The van der Waals surface area contributed by atoms with E-state index in [4.69, 9.17) is 5.11 Å². The van der Waals surface area contributed by atoms with Crippen molar-refractivity contribution in [2.24, 2.45) is 0 Å². The molecule has 9 heteroatoms. The first-order valence-electron chi connectivity index (χ1n) is 7.24. The molecule has 0 bridgehead atoms. The number of aromatic carboxylic acids is 1. The fourth-order valence-corrected chi connectivity index (χ4v) is 3.06. The Kier molecular flexibility index (Phi) is 5.46. The van der Waals surface area contributed by atoms with Gasteiger partial charge in [-0.2, -0.15) is 13.2 Å². The van der Waals surface area contributed by atoms with E-state index in [1.54, 1.807) is 13.8 Å². The molecule has 1 amide bonds. The zero-order valence-electron chi connectivity index (χ0n) is 13.3. The van der Waals surface area contributed by atoms with E-state index in [1.807, 2.05) is 0 Å². The second-order valence-electron chi connectivity index (χ2n) is 5.43. The first-order chi connectivity index (χ1) is 11.6. The van der Waals surface area contributed by atoms with Crippen LogP contribution in [0.3, 0.4) is 0 Å². The van der Waals surface area contributed by atoms with Crippen molar-refractivity contribution < 1.29 is 27.9 Å². The molecule has 2 rings (SSSR count). The molecule has 0 aliphatic carbocycles. The van der Waals surface area contributed by atoms with Crippen molar-refractivity contribution in [3.8, 4) is 0 Å². The monoisotopic (exact) mass is 372 g/mol. The van der Waals surface area contributed by atoms with Crippen molar-refractivity contribution >= 4 is 23.2 Å². The number of carbonyl (C=O) groups excluding carboxylic acids is 1. The summed E-state index contributed by atoms with van der Waals surface area (Å²) in [5.74, 6) is -1.47. The number of aromatic nitrogens is 1. The van der Waals surface area contributed by atoms with Gasteiger partial charge in [0.1, 0.15) is 9.88 Å². The Morgan fingerprint density at radius 1 is 1.28 bits per heavy atom. The number of carbonyl (C=O) groups is 2. The third kappa shape index (κ3) is 4.79. The van der Waals surface area contributed by atoms with Gasteiger partial charge in [0.05, 0.1) is 23.7 Å². The van der Waals surface area contributed by atoms with E-state index in [9.17, 15) is 22.8 Å². The van der Waals surface area contributed by atoms with Gasteiger partial charge >= 0.3 is 12.1 Å². The summed E-state index contributed by atoms with van der Waals surface area (Å²) in [6, 6.07) is 3.86. The number of aryl methyl sites for hydroxylation is 1.